The summed E-state index contributed by atoms with van der Waals surface area (Å²) in [6.45, 7) is 3.57. The van der Waals surface area contributed by atoms with Crippen LogP contribution < -0.4 is 4.74 Å². The molecule has 4 rings (SSSR count). The molecule has 0 aliphatic carbocycles. The molecular formula is C23H25NO3S2. The fourth-order valence-electron chi connectivity index (χ4n) is 3.80. The number of carbonyl (C=O) groups excluding carboxylic acids is 1. The highest BCUT2D eigenvalue weighted by Crippen LogP contribution is 2.39. The van der Waals surface area contributed by atoms with Crippen LogP contribution in [0.3, 0.4) is 0 Å². The lowest BCUT2D eigenvalue weighted by molar-refractivity contribution is 0.0562. The normalized spacial score (nSPS) is 17.7. The molecule has 2 aromatic heterocycles. The Morgan fingerprint density at radius 1 is 1.21 bits per heavy atom. The SMILES string of the molecule is CCC(=O)c1ccc(OC[C@H](O)CN2CCc3sccc3[C@@H]2c2cccs2)cc1. The van der Waals surface area contributed by atoms with Gasteiger partial charge >= 0.3 is 0 Å². The first-order valence-corrected chi connectivity index (χ1v) is 11.7. The average molecular weight is 428 g/mol. The zero-order valence-electron chi connectivity index (χ0n) is 16.4. The molecule has 2 atom stereocenters. The number of rotatable bonds is 8. The second kappa shape index (κ2) is 9.22. The van der Waals surface area contributed by atoms with Gasteiger partial charge in [-0.3, -0.25) is 9.69 Å². The molecule has 1 aliphatic rings. The highest BCUT2D eigenvalue weighted by atomic mass is 32.1. The molecule has 3 aromatic rings. The van der Waals surface area contributed by atoms with Gasteiger partial charge in [0.15, 0.2) is 5.78 Å². The number of hydrogen-bond donors (Lipinski definition) is 1. The van der Waals surface area contributed by atoms with Gasteiger partial charge in [0, 0.05) is 34.8 Å². The summed E-state index contributed by atoms with van der Waals surface area (Å²) in [4.78, 5) is 16.8. The van der Waals surface area contributed by atoms with E-state index >= 15 is 0 Å². The number of carbonyl (C=O) groups is 1. The molecule has 0 fully saturated rings. The van der Waals surface area contributed by atoms with Crippen LogP contribution in [0.5, 0.6) is 5.75 Å². The molecule has 152 valence electrons. The monoisotopic (exact) mass is 427 g/mol. The van der Waals surface area contributed by atoms with E-state index in [-0.39, 0.29) is 18.4 Å². The Labute approximate surface area is 179 Å². The zero-order valence-corrected chi connectivity index (χ0v) is 18.0. The molecule has 0 saturated carbocycles. The van der Waals surface area contributed by atoms with Gasteiger partial charge in [-0.15, -0.1) is 22.7 Å². The van der Waals surface area contributed by atoms with Crippen molar-refractivity contribution in [3.63, 3.8) is 0 Å². The number of ether oxygens (including phenoxy) is 1. The molecule has 0 spiro atoms. The molecule has 29 heavy (non-hydrogen) atoms. The molecule has 3 heterocycles. The van der Waals surface area contributed by atoms with Gasteiger partial charge in [-0.1, -0.05) is 13.0 Å². The van der Waals surface area contributed by atoms with E-state index in [2.05, 4.69) is 33.9 Å². The maximum absolute atomic E-state index is 11.7. The quantitative estimate of drug-likeness (QED) is 0.525. The fourth-order valence-corrected chi connectivity index (χ4v) is 5.58. The van der Waals surface area contributed by atoms with E-state index in [0.29, 0.717) is 24.3 Å². The smallest absolute Gasteiger partial charge is 0.162 e. The number of fused-ring (bicyclic) bond motifs is 1. The summed E-state index contributed by atoms with van der Waals surface area (Å²) in [6.07, 6.45) is 0.927. The van der Waals surface area contributed by atoms with Crippen LogP contribution in [-0.2, 0) is 6.42 Å². The Kier molecular flexibility index (Phi) is 6.45. The Morgan fingerprint density at radius 3 is 2.76 bits per heavy atom. The lowest BCUT2D eigenvalue weighted by Gasteiger charge is -2.36. The van der Waals surface area contributed by atoms with Crippen molar-refractivity contribution in [3.05, 3.63) is 74.1 Å². The maximum atomic E-state index is 11.7. The molecule has 0 amide bonds. The number of aliphatic hydroxyl groups is 1. The highest BCUT2D eigenvalue weighted by molar-refractivity contribution is 7.10. The molecule has 1 aliphatic heterocycles. The van der Waals surface area contributed by atoms with E-state index in [1.807, 2.05) is 18.3 Å². The number of Topliss-reactive ketones (excluding diaryl/α,β-unsaturated/α-hetero) is 1. The predicted molar refractivity (Wildman–Crippen MR) is 118 cm³/mol. The third kappa shape index (κ3) is 4.61. The summed E-state index contributed by atoms with van der Waals surface area (Å²) < 4.78 is 5.77. The van der Waals surface area contributed by atoms with Crippen molar-refractivity contribution in [3.8, 4) is 5.75 Å². The molecule has 1 N–H and O–H groups in total. The number of ketones is 1. The fraction of sp³-hybridized carbons (Fsp3) is 0.348. The molecule has 1 aromatic carbocycles. The summed E-state index contributed by atoms with van der Waals surface area (Å²) in [7, 11) is 0. The van der Waals surface area contributed by atoms with E-state index < -0.39 is 6.10 Å². The van der Waals surface area contributed by atoms with Crippen molar-refractivity contribution in [1.29, 1.82) is 0 Å². The summed E-state index contributed by atoms with van der Waals surface area (Å²) in [5.41, 5.74) is 2.06. The lowest BCUT2D eigenvalue weighted by Crippen LogP contribution is -2.41. The number of β-amino-alcohol motifs (C(OH)–C–C–N with tert-alkyl or cyclic N) is 1. The van der Waals surface area contributed by atoms with Gasteiger partial charge in [0.25, 0.3) is 0 Å². The van der Waals surface area contributed by atoms with E-state index in [1.165, 1.54) is 15.3 Å². The first-order valence-electron chi connectivity index (χ1n) is 9.93. The van der Waals surface area contributed by atoms with E-state index in [0.717, 1.165) is 13.0 Å². The van der Waals surface area contributed by atoms with E-state index in [1.54, 1.807) is 35.6 Å². The van der Waals surface area contributed by atoms with Crippen molar-refractivity contribution in [2.75, 3.05) is 19.7 Å². The van der Waals surface area contributed by atoms with Gasteiger partial charge in [-0.05, 0) is 59.1 Å². The van der Waals surface area contributed by atoms with Crippen LogP contribution in [0.25, 0.3) is 0 Å². The van der Waals surface area contributed by atoms with Crippen LogP contribution in [0.1, 0.15) is 45.1 Å². The molecule has 6 heteroatoms. The van der Waals surface area contributed by atoms with Crippen molar-refractivity contribution in [2.24, 2.45) is 0 Å². The second-order valence-corrected chi connectivity index (χ2v) is 9.21. The van der Waals surface area contributed by atoms with Crippen molar-refractivity contribution in [1.82, 2.24) is 4.90 Å². The minimum atomic E-state index is -0.588. The van der Waals surface area contributed by atoms with Crippen molar-refractivity contribution >= 4 is 28.5 Å². The van der Waals surface area contributed by atoms with Gasteiger partial charge in [0.05, 0.1) is 6.04 Å². The zero-order chi connectivity index (χ0) is 20.2. The molecule has 0 radical (unpaired) electrons. The number of hydrogen-bond acceptors (Lipinski definition) is 6. The van der Waals surface area contributed by atoms with E-state index in [4.69, 9.17) is 4.74 Å². The summed E-state index contributed by atoms with van der Waals surface area (Å²) in [5, 5.41) is 14.9. The standard InChI is InChI=1S/C23H25NO3S2/c1-2-20(26)16-5-7-18(8-6-16)27-15-17(25)14-24-11-9-21-19(10-13-29-21)23(24)22-4-3-12-28-22/h3-8,10,12-13,17,23,25H,2,9,11,14-15H2,1H3/t17-,23-/m1/s1. The molecule has 4 nitrogen and oxygen atoms in total. The first kappa shape index (κ1) is 20.3. The second-order valence-electron chi connectivity index (χ2n) is 7.23. The van der Waals surface area contributed by atoms with Gasteiger partial charge in [-0.2, -0.15) is 0 Å². The number of nitrogens with zero attached hydrogens (tertiary/aromatic N) is 1. The van der Waals surface area contributed by atoms with Gasteiger partial charge in [0.1, 0.15) is 18.5 Å². The lowest BCUT2D eigenvalue weighted by atomic mass is 9.98. The van der Waals surface area contributed by atoms with Crippen molar-refractivity contribution in [2.45, 2.75) is 31.9 Å². The maximum Gasteiger partial charge on any atom is 0.162 e. The molecular weight excluding hydrogens is 402 g/mol. The Bertz CT molecular complexity index is 933. The molecule has 0 unspecified atom stereocenters. The Morgan fingerprint density at radius 2 is 2.03 bits per heavy atom. The Balaban J connectivity index is 1.39. The summed E-state index contributed by atoms with van der Waals surface area (Å²) in [5.74, 6) is 0.791. The summed E-state index contributed by atoms with van der Waals surface area (Å²) >= 11 is 3.59. The summed E-state index contributed by atoms with van der Waals surface area (Å²) in [6, 6.07) is 13.8. The number of aliphatic hydroxyl groups excluding tert-OH is 1. The van der Waals surface area contributed by atoms with Crippen LogP contribution in [0.15, 0.2) is 53.2 Å². The van der Waals surface area contributed by atoms with Crippen molar-refractivity contribution < 1.29 is 14.6 Å². The molecule has 0 bridgehead atoms. The third-order valence-corrected chi connectivity index (χ3v) is 7.18. The van der Waals surface area contributed by atoms with Crippen LogP contribution in [0, 0.1) is 0 Å². The average Bonchev–Trinajstić information content (AvgIpc) is 3.44. The van der Waals surface area contributed by atoms with Gasteiger partial charge in [0.2, 0.25) is 0 Å². The topological polar surface area (TPSA) is 49.8 Å². The van der Waals surface area contributed by atoms with Crippen LogP contribution in [-0.4, -0.2) is 41.6 Å². The van der Waals surface area contributed by atoms with Gasteiger partial charge < -0.3 is 9.84 Å². The Hall–Kier alpha value is -1.99. The minimum absolute atomic E-state index is 0.120. The third-order valence-electron chi connectivity index (χ3n) is 5.26. The van der Waals surface area contributed by atoms with Gasteiger partial charge in [-0.25, -0.2) is 0 Å². The predicted octanol–water partition coefficient (Wildman–Crippen LogP) is 4.79. The number of thiophene rings is 2. The highest BCUT2D eigenvalue weighted by Gasteiger charge is 2.31. The van der Waals surface area contributed by atoms with Crippen LogP contribution >= 0.6 is 22.7 Å². The minimum Gasteiger partial charge on any atom is -0.491 e. The number of benzene rings is 1. The largest absolute Gasteiger partial charge is 0.491 e. The first-order chi connectivity index (χ1) is 14.2. The van der Waals surface area contributed by atoms with E-state index in [9.17, 15) is 9.90 Å². The molecule has 0 saturated heterocycles. The van der Waals surface area contributed by atoms with Crippen LogP contribution in [0.4, 0.5) is 0 Å². The van der Waals surface area contributed by atoms with Crippen LogP contribution in [0.2, 0.25) is 0 Å².